The Bertz CT molecular complexity index is 656. The van der Waals surface area contributed by atoms with Crippen LogP contribution in [0, 0.1) is 16.7 Å². The fourth-order valence-corrected chi connectivity index (χ4v) is 5.30. The Balaban J connectivity index is 2.43. The maximum atomic E-state index is 11.6. The van der Waals surface area contributed by atoms with E-state index in [1.807, 2.05) is 6.07 Å². The summed E-state index contributed by atoms with van der Waals surface area (Å²) in [6, 6.07) is 3.67. The Morgan fingerprint density at radius 3 is 2.68 bits per heavy atom. The number of sulfone groups is 1. The number of hydrogen-bond donors (Lipinski definition) is 1. The average Bonchev–Trinajstić information content (AvgIpc) is 2.65. The molecule has 1 aliphatic heterocycles. The van der Waals surface area contributed by atoms with Crippen molar-refractivity contribution in [2.75, 3.05) is 11.5 Å². The zero-order valence-corrected chi connectivity index (χ0v) is 13.7. The third kappa shape index (κ3) is 2.84. The van der Waals surface area contributed by atoms with Crippen molar-refractivity contribution in [2.24, 2.45) is 5.41 Å². The number of halogens is 2. The van der Waals surface area contributed by atoms with Gasteiger partial charge >= 0.3 is 0 Å². The van der Waals surface area contributed by atoms with Crippen LogP contribution in [0.2, 0.25) is 0 Å². The summed E-state index contributed by atoms with van der Waals surface area (Å²) in [5.74, 6) is -0.409. The molecule has 0 saturated carbocycles. The topological polar surface area (TPSA) is 91.0 Å². The summed E-state index contributed by atoms with van der Waals surface area (Å²) < 4.78 is 24.4. The SMILES string of the molecule is N#CC1(C(O)c2ncc(Br)cc2Br)CCS(=O)(=O)C1. The summed E-state index contributed by atoms with van der Waals surface area (Å²) >= 11 is 6.51. The minimum atomic E-state index is -3.27. The van der Waals surface area contributed by atoms with Crippen molar-refractivity contribution in [3.8, 4) is 6.07 Å². The largest absolute Gasteiger partial charge is 0.385 e. The van der Waals surface area contributed by atoms with Gasteiger partial charge in [0.05, 0.1) is 23.3 Å². The van der Waals surface area contributed by atoms with Gasteiger partial charge in [-0.25, -0.2) is 8.42 Å². The first-order chi connectivity index (χ1) is 8.80. The van der Waals surface area contributed by atoms with Crippen molar-refractivity contribution in [3.63, 3.8) is 0 Å². The number of hydrogen-bond acceptors (Lipinski definition) is 5. The lowest BCUT2D eigenvalue weighted by molar-refractivity contribution is 0.0747. The van der Waals surface area contributed by atoms with Crippen molar-refractivity contribution < 1.29 is 13.5 Å². The predicted molar refractivity (Wildman–Crippen MR) is 75.9 cm³/mol. The van der Waals surface area contributed by atoms with E-state index < -0.39 is 21.4 Å². The van der Waals surface area contributed by atoms with Crippen LogP contribution in [0.4, 0.5) is 0 Å². The fraction of sp³-hybridized carbons (Fsp3) is 0.455. The summed E-state index contributed by atoms with van der Waals surface area (Å²) in [4.78, 5) is 4.07. The summed E-state index contributed by atoms with van der Waals surface area (Å²) in [6.07, 6.45) is 0.381. The van der Waals surface area contributed by atoms with Gasteiger partial charge in [-0.2, -0.15) is 5.26 Å². The Morgan fingerprint density at radius 2 is 2.21 bits per heavy atom. The van der Waals surface area contributed by atoms with Gasteiger partial charge in [0.2, 0.25) is 0 Å². The zero-order valence-electron chi connectivity index (χ0n) is 9.68. The van der Waals surface area contributed by atoms with E-state index in [4.69, 9.17) is 0 Å². The molecule has 2 unspecified atom stereocenters. The number of pyridine rings is 1. The minimum absolute atomic E-state index is 0.0776. The molecule has 1 aromatic rings. The Hall–Kier alpha value is -0.490. The summed E-state index contributed by atoms with van der Waals surface area (Å²) in [5.41, 5.74) is -1.04. The number of aliphatic hydroxyl groups is 1. The van der Waals surface area contributed by atoms with Gasteiger partial charge in [0.15, 0.2) is 9.84 Å². The van der Waals surface area contributed by atoms with Crippen LogP contribution in [-0.2, 0) is 9.84 Å². The predicted octanol–water partition coefficient (Wildman–Crippen LogP) is 1.97. The molecule has 8 heteroatoms. The molecule has 0 radical (unpaired) electrons. The lowest BCUT2D eigenvalue weighted by atomic mass is 9.81. The van der Waals surface area contributed by atoms with E-state index >= 15 is 0 Å². The molecule has 0 aromatic carbocycles. The standard InChI is InChI=1S/C11H10Br2N2O3S/c12-7-3-8(13)9(15-4-7)10(16)11(5-14)1-2-19(17,18)6-11/h3-4,10,16H,1-2,6H2. The third-order valence-corrected chi connectivity index (χ3v) is 6.03. The number of rotatable bonds is 2. The Morgan fingerprint density at radius 1 is 1.53 bits per heavy atom. The molecule has 19 heavy (non-hydrogen) atoms. The fourth-order valence-electron chi connectivity index (χ4n) is 2.13. The van der Waals surface area contributed by atoms with Gasteiger partial charge in [-0.3, -0.25) is 4.98 Å². The van der Waals surface area contributed by atoms with Crippen molar-refractivity contribution in [1.29, 1.82) is 5.26 Å². The molecule has 2 atom stereocenters. The molecule has 1 aromatic heterocycles. The molecule has 1 fully saturated rings. The van der Waals surface area contributed by atoms with Crippen LogP contribution in [0.5, 0.6) is 0 Å². The minimum Gasteiger partial charge on any atom is -0.385 e. The molecule has 0 aliphatic carbocycles. The van der Waals surface area contributed by atoms with Gasteiger partial charge in [0.25, 0.3) is 0 Å². The van der Waals surface area contributed by atoms with Gasteiger partial charge in [-0.15, -0.1) is 0 Å². The van der Waals surface area contributed by atoms with Gasteiger partial charge in [-0.05, 0) is 44.3 Å². The van der Waals surface area contributed by atoms with Gasteiger partial charge in [0.1, 0.15) is 11.5 Å². The first-order valence-electron chi connectivity index (χ1n) is 5.40. The number of nitrogens with zero attached hydrogens (tertiary/aromatic N) is 2. The molecule has 0 bridgehead atoms. The molecule has 0 amide bonds. The highest BCUT2D eigenvalue weighted by atomic mass is 79.9. The van der Waals surface area contributed by atoms with Crippen molar-refractivity contribution in [2.45, 2.75) is 12.5 Å². The van der Waals surface area contributed by atoms with E-state index in [-0.39, 0.29) is 23.6 Å². The maximum Gasteiger partial charge on any atom is 0.152 e. The molecule has 0 spiro atoms. The number of aromatic nitrogens is 1. The van der Waals surface area contributed by atoms with Crippen LogP contribution in [0.25, 0.3) is 0 Å². The second-order valence-electron chi connectivity index (χ2n) is 4.53. The maximum absolute atomic E-state index is 11.6. The van der Waals surface area contributed by atoms with E-state index in [0.29, 0.717) is 4.47 Å². The lowest BCUT2D eigenvalue weighted by Gasteiger charge is -2.25. The molecule has 2 heterocycles. The lowest BCUT2D eigenvalue weighted by Crippen LogP contribution is -2.29. The van der Waals surface area contributed by atoms with Crippen LogP contribution in [-0.4, -0.2) is 30.0 Å². The van der Waals surface area contributed by atoms with Gasteiger partial charge < -0.3 is 5.11 Å². The molecule has 5 nitrogen and oxygen atoms in total. The molecule has 102 valence electrons. The highest BCUT2D eigenvalue weighted by molar-refractivity contribution is 9.11. The van der Waals surface area contributed by atoms with Crippen LogP contribution in [0.15, 0.2) is 21.2 Å². The molecule has 1 aliphatic rings. The van der Waals surface area contributed by atoms with E-state index in [0.717, 1.165) is 4.47 Å². The average molecular weight is 410 g/mol. The van der Waals surface area contributed by atoms with Crippen LogP contribution in [0.1, 0.15) is 18.2 Å². The number of nitriles is 1. The highest BCUT2D eigenvalue weighted by Gasteiger charge is 2.49. The first-order valence-corrected chi connectivity index (χ1v) is 8.81. The summed E-state index contributed by atoms with van der Waals surface area (Å²) in [6.45, 7) is 0. The van der Waals surface area contributed by atoms with Crippen LogP contribution in [0.3, 0.4) is 0 Å². The normalized spacial score (nSPS) is 26.8. The summed E-state index contributed by atoms with van der Waals surface area (Å²) in [7, 11) is -3.27. The zero-order chi connectivity index (χ0) is 14.3. The van der Waals surface area contributed by atoms with Crippen molar-refractivity contribution in [3.05, 3.63) is 26.9 Å². The molecular weight excluding hydrogens is 400 g/mol. The summed E-state index contributed by atoms with van der Waals surface area (Å²) in [5, 5.41) is 19.7. The van der Waals surface area contributed by atoms with Crippen LogP contribution < -0.4 is 0 Å². The first kappa shape index (κ1) is 14.9. The molecule has 1 saturated heterocycles. The third-order valence-electron chi connectivity index (χ3n) is 3.18. The monoisotopic (exact) mass is 408 g/mol. The van der Waals surface area contributed by atoms with Crippen molar-refractivity contribution in [1.82, 2.24) is 4.98 Å². The van der Waals surface area contributed by atoms with E-state index in [2.05, 4.69) is 36.8 Å². The Labute approximate surface area is 127 Å². The van der Waals surface area contributed by atoms with E-state index in [1.165, 1.54) is 6.20 Å². The van der Waals surface area contributed by atoms with E-state index in [9.17, 15) is 18.8 Å². The smallest absolute Gasteiger partial charge is 0.152 e. The quantitative estimate of drug-likeness (QED) is 0.806. The molecule has 1 N–H and O–H groups in total. The second-order valence-corrected chi connectivity index (χ2v) is 8.49. The van der Waals surface area contributed by atoms with Gasteiger partial charge in [0, 0.05) is 15.1 Å². The van der Waals surface area contributed by atoms with E-state index in [1.54, 1.807) is 6.07 Å². The Kier molecular flexibility index (Phi) is 4.02. The highest BCUT2D eigenvalue weighted by Crippen LogP contribution is 2.44. The molecular formula is C11H10Br2N2O3S. The van der Waals surface area contributed by atoms with Gasteiger partial charge in [-0.1, -0.05) is 0 Å². The molecule has 2 rings (SSSR count). The number of aliphatic hydroxyl groups excluding tert-OH is 1. The second kappa shape index (κ2) is 5.13. The van der Waals surface area contributed by atoms with Crippen LogP contribution >= 0.6 is 31.9 Å². The van der Waals surface area contributed by atoms with Crippen molar-refractivity contribution >= 4 is 41.7 Å².